The molecule has 4 atom stereocenters. The molecule has 0 fully saturated rings. The molecule has 0 aliphatic carbocycles. The standard InChI is InChI=1S/C83H82N2O20/c1-5-64(86)50-94-68-31-39-76(40-32-68)102-80(90)58-11-23-72(24-12-58)98-54-100-74-27-15-60(16-28-74)82(92)104-78-43-35-70(36-44-78)96-52-66(88)48-85(63-21-9-57(10-22-63)47-56-7-19-62(20-8-56)84(3)4)49-67(89)53-97-71-37-45-79(46-38-71)105-83(93)61-17-29-75(30-18-61)101-55-99-73-25-13-59(14-26-73)81(91)103-77-41-33-69(34-42-77)95-51-65(87)6-2/h7-46,64-67,86-89H,5-6,47-55H2,1-4H3. The first kappa shape index (κ1) is 75.6. The summed E-state index contributed by atoms with van der Waals surface area (Å²) in [5.74, 6) is 2.56. The van der Waals surface area contributed by atoms with Gasteiger partial charge in [-0.1, -0.05) is 38.1 Å². The van der Waals surface area contributed by atoms with Crippen LogP contribution in [0.5, 0.6) is 69.0 Å². The van der Waals surface area contributed by atoms with E-state index in [1.165, 1.54) is 0 Å². The van der Waals surface area contributed by atoms with Gasteiger partial charge < -0.3 is 87.1 Å². The summed E-state index contributed by atoms with van der Waals surface area (Å²) >= 11 is 0. The van der Waals surface area contributed by atoms with Gasteiger partial charge in [0.1, 0.15) is 108 Å². The maximum atomic E-state index is 13.1. The highest BCUT2D eigenvalue weighted by Crippen LogP contribution is 2.28. The van der Waals surface area contributed by atoms with Gasteiger partial charge >= 0.3 is 23.9 Å². The number of anilines is 2. The molecule has 544 valence electrons. The van der Waals surface area contributed by atoms with E-state index in [0.717, 1.165) is 22.5 Å². The topological polar surface area (TPSA) is 266 Å². The monoisotopic (exact) mass is 1430 g/mol. The normalized spacial score (nSPS) is 12.0. The Kier molecular flexibility index (Phi) is 27.5. The molecule has 10 aromatic rings. The van der Waals surface area contributed by atoms with Crippen molar-refractivity contribution in [2.75, 3.05) is 77.0 Å². The molecular formula is C83H82N2O20. The minimum Gasteiger partial charge on any atom is -0.491 e. The van der Waals surface area contributed by atoms with Gasteiger partial charge in [0.15, 0.2) is 0 Å². The number of benzene rings is 10. The van der Waals surface area contributed by atoms with Gasteiger partial charge in [-0.15, -0.1) is 0 Å². The minimum absolute atomic E-state index is 0.0792. The van der Waals surface area contributed by atoms with Crippen LogP contribution in [0, 0.1) is 0 Å². The molecule has 0 radical (unpaired) electrons. The third-order valence-corrected chi connectivity index (χ3v) is 16.1. The fourth-order valence-corrected chi connectivity index (χ4v) is 10.0. The molecule has 4 unspecified atom stereocenters. The molecule has 0 saturated carbocycles. The van der Waals surface area contributed by atoms with Gasteiger partial charge in [0.25, 0.3) is 0 Å². The summed E-state index contributed by atoms with van der Waals surface area (Å²) < 4.78 is 68.1. The fraction of sp³-hybridized carbons (Fsp3) is 0.229. The number of aliphatic hydroxyl groups excluding tert-OH is 4. The Labute approximate surface area is 608 Å². The number of ether oxygens (including phenoxy) is 12. The molecule has 10 aromatic carbocycles. The van der Waals surface area contributed by atoms with Crippen LogP contribution in [0.15, 0.2) is 243 Å². The van der Waals surface area contributed by atoms with E-state index < -0.39 is 48.3 Å². The fourth-order valence-electron chi connectivity index (χ4n) is 10.0. The zero-order valence-electron chi connectivity index (χ0n) is 58.4. The molecule has 0 amide bonds. The Morgan fingerprint density at radius 3 is 0.752 bits per heavy atom. The van der Waals surface area contributed by atoms with Crippen molar-refractivity contribution in [2.45, 2.75) is 57.5 Å². The van der Waals surface area contributed by atoms with Crippen molar-refractivity contribution in [1.29, 1.82) is 0 Å². The van der Waals surface area contributed by atoms with E-state index in [4.69, 9.17) is 56.8 Å². The van der Waals surface area contributed by atoms with Crippen molar-refractivity contribution in [3.8, 4) is 69.0 Å². The number of carbonyl (C=O) groups excluding carboxylic acids is 4. The predicted octanol–water partition coefficient (Wildman–Crippen LogP) is 13.0. The first-order valence-corrected chi connectivity index (χ1v) is 34.0. The number of carbonyl (C=O) groups is 4. The number of nitrogens with zero attached hydrogens (tertiary/aromatic N) is 2. The second kappa shape index (κ2) is 38.3. The molecule has 4 N–H and O–H groups in total. The van der Waals surface area contributed by atoms with Crippen LogP contribution in [0.2, 0.25) is 0 Å². The van der Waals surface area contributed by atoms with E-state index >= 15 is 0 Å². The summed E-state index contributed by atoms with van der Waals surface area (Å²) in [6.45, 7) is 3.69. The van der Waals surface area contributed by atoms with Crippen molar-refractivity contribution in [3.05, 3.63) is 276 Å². The Morgan fingerprint density at radius 1 is 0.286 bits per heavy atom. The molecule has 0 aliphatic rings. The Balaban J connectivity index is 0.646. The van der Waals surface area contributed by atoms with Gasteiger partial charge in [0.05, 0.1) is 34.5 Å². The molecule has 22 heteroatoms. The highest BCUT2D eigenvalue weighted by atomic mass is 16.7. The lowest BCUT2D eigenvalue weighted by Gasteiger charge is -2.29. The van der Waals surface area contributed by atoms with Crippen molar-refractivity contribution in [3.63, 3.8) is 0 Å². The van der Waals surface area contributed by atoms with E-state index in [-0.39, 0.29) is 75.7 Å². The highest BCUT2D eigenvalue weighted by molar-refractivity contribution is 5.93. The summed E-state index contributed by atoms with van der Waals surface area (Å²) in [6.07, 6.45) is -1.32. The van der Waals surface area contributed by atoms with Crippen molar-refractivity contribution in [2.24, 2.45) is 0 Å². The summed E-state index contributed by atoms with van der Waals surface area (Å²) in [5, 5.41) is 42.3. The van der Waals surface area contributed by atoms with Gasteiger partial charge in [0.2, 0.25) is 13.6 Å². The Bertz CT molecular complexity index is 4100. The third-order valence-electron chi connectivity index (χ3n) is 16.1. The smallest absolute Gasteiger partial charge is 0.343 e. The van der Waals surface area contributed by atoms with Crippen LogP contribution in [0.3, 0.4) is 0 Å². The van der Waals surface area contributed by atoms with E-state index in [0.29, 0.717) is 87.9 Å². The molecule has 0 bridgehead atoms. The molecular weight excluding hydrogens is 1340 g/mol. The number of esters is 4. The van der Waals surface area contributed by atoms with Crippen LogP contribution < -0.4 is 66.6 Å². The van der Waals surface area contributed by atoms with Crippen LogP contribution in [-0.4, -0.2) is 136 Å². The molecule has 0 aliphatic heterocycles. The zero-order chi connectivity index (χ0) is 73.9. The minimum atomic E-state index is -1.02. The van der Waals surface area contributed by atoms with Crippen molar-refractivity contribution in [1.82, 2.24) is 0 Å². The van der Waals surface area contributed by atoms with Crippen LogP contribution in [-0.2, 0) is 6.42 Å². The van der Waals surface area contributed by atoms with Crippen molar-refractivity contribution < 1.29 is 96.4 Å². The molecule has 0 saturated heterocycles. The average molecular weight is 1430 g/mol. The Hall–Kier alpha value is -12.1. The van der Waals surface area contributed by atoms with Crippen LogP contribution in [0.4, 0.5) is 11.4 Å². The zero-order valence-corrected chi connectivity index (χ0v) is 58.4. The summed E-state index contributed by atoms with van der Waals surface area (Å²) in [6, 6.07) is 67.5. The molecule has 0 spiro atoms. The predicted molar refractivity (Wildman–Crippen MR) is 392 cm³/mol. The quantitative estimate of drug-likeness (QED) is 0.0159. The molecule has 10 rings (SSSR count). The first-order valence-electron chi connectivity index (χ1n) is 34.0. The van der Waals surface area contributed by atoms with E-state index in [2.05, 4.69) is 24.3 Å². The van der Waals surface area contributed by atoms with E-state index in [9.17, 15) is 39.6 Å². The number of hydrogen-bond acceptors (Lipinski definition) is 22. The van der Waals surface area contributed by atoms with Gasteiger partial charge in [0, 0.05) is 38.6 Å². The Morgan fingerprint density at radius 2 is 0.505 bits per heavy atom. The summed E-state index contributed by atoms with van der Waals surface area (Å²) in [5.41, 5.74) is 5.23. The van der Waals surface area contributed by atoms with Crippen LogP contribution in [0.25, 0.3) is 0 Å². The number of aliphatic hydroxyl groups is 4. The highest BCUT2D eigenvalue weighted by Gasteiger charge is 2.21. The summed E-state index contributed by atoms with van der Waals surface area (Å²) in [4.78, 5) is 55.7. The largest absolute Gasteiger partial charge is 0.491 e. The number of rotatable bonds is 38. The van der Waals surface area contributed by atoms with Gasteiger partial charge in [-0.05, 0) is 249 Å². The second-order valence-electron chi connectivity index (χ2n) is 24.3. The van der Waals surface area contributed by atoms with Crippen molar-refractivity contribution >= 4 is 35.3 Å². The first-order chi connectivity index (χ1) is 50.9. The summed E-state index contributed by atoms with van der Waals surface area (Å²) in [7, 11) is 4.00. The maximum Gasteiger partial charge on any atom is 0.343 e. The lowest BCUT2D eigenvalue weighted by Crippen LogP contribution is -2.41. The molecule has 0 heterocycles. The lowest BCUT2D eigenvalue weighted by atomic mass is 10.0. The van der Waals surface area contributed by atoms with Gasteiger partial charge in [-0.25, -0.2) is 19.2 Å². The van der Waals surface area contributed by atoms with Gasteiger partial charge in [-0.2, -0.15) is 0 Å². The maximum absolute atomic E-state index is 13.1. The van der Waals surface area contributed by atoms with Crippen LogP contribution >= 0.6 is 0 Å². The second-order valence-corrected chi connectivity index (χ2v) is 24.3. The third kappa shape index (κ3) is 24.0. The lowest BCUT2D eigenvalue weighted by molar-refractivity contribution is 0.0724. The number of hydrogen-bond donors (Lipinski definition) is 4. The van der Waals surface area contributed by atoms with Crippen LogP contribution in [0.1, 0.15) is 79.2 Å². The molecule has 105 heavy (non-hydrogen) atoms. The van der Waals surface area contributed by atoms with Gasteiger partial charge in [-0.3, -0.25) is 0 Å². The van der Waals surface area contributed by atoms with E-state index in [1.54, 1.807) is 194 Å². The average Bonchev–Trinajstić information content (AvgIpc) is 1.15. The SMILES string of the molecule is CCC(O)COc1ccc(OC(=O)c2ccc(OCOc3ccc(C(=O)Oc4ccc(OCC(O)CN(CC(O)COc5ccc(OC(=O)c6ccc(OCOc7ccc(C(=O)Oc8ccc(OCC(O)CC)cc8)cc7)cc6)cc5)c5ccc(Cc6ccc(N(C)C)cc6)cc5)cc4)cc3)cc2)cc1. The molecule has 0 aromatic heterocycles. The van der Waals surface area contributed by atoms with E-state index in [1.807, 2.05) is 62.0 Å². The molecule has 22 nitrogen and oxygen atoms in total.